The predicted octanol–water partition coefficient (Wildman–Crippen LogP) is 17.2. The molecule has 294 valence electrons. The van der Waals surface area contributed by atoms with Gasteiger partial charge in [-0.1, -0.05) is 238 Å². The maximum Gasteiger partial charge on any atom is -0.00990 e. The summed E-state index contributed by atoms with van der Waals surface area (Å²) in [6, 6.07) is 82.6. The molecule has 0 nitrogen and oxygen atoms in total. The van der Waals surface area contributed by atoms with E-state index in [1.807, 2.05) is 0 Å². The molecule has 0 bridgehead atoms. The third-order valence-electron chi connectivity index (χ3n) is 13.3. The van der Waals surface area contributed by atoms with Gasteiger partial charge in [-0.2, -0.15) is 0 Å². The zero-order valence-corrected chi connectivity index (χ0v) is 35.0. The fraction of sp³-hybridized carbons (Fsp3) is 0.115. The van der Waals surface area contributed by atoms with E-state index in [-0.39, 0.29) is 0 Å². The highest BCUT2D eigenvalue weighted by Crippen LogP contribution is 2.49. The van der Waals surface area contributed by atoms with E-state index < -0.39 is 0 Å². The number of rotatable bonds is 9. The zero-order valence-electron chi connectivity index (χ0n) is 35.0. The van der Waals surface area contributed by atoms with Gasteiger partial charge in [0.05, 0.1) is 0 Å². The first-order chi connectivity index (χ1) is 30.1. The highest BCUT2D eigenvalue weighted by molar-refractivity contribution is 6.02. The van der Waals surface area contributed by atoms with Crippen molar-refractivity contribution in [2.75, 3.05) is 0 Å². The Morgan fingerprint density at radius 1 is 0.230 bits per heavy atom. The van der Waals surface area contributed by atoms with E-state index in [4.69, 9.17) is 0 Å². The van der Waals surface area contributed by atoms with E-state index in [0.717, 1.165) is 11.8 Å². The first-order valence-electron chi connectivity index (χ1n) is 21.9. The SMILES string of the molecule is CC1CC(c2ccccc2-c2ccccc2-c2ccccc2-c2ccccc2-c2ccccc2-c2ccccc2-c2ccccc2-c2ccccc2-c2ccccc2)CC1C. The maximum atomic E-state index is 2.43. The monoisotopic (exact) mass is 782 g/mol. The summed E-state index contributed by atoms with van der Waals surface area (Å²) in [5.74, 6) is 2.06. The number of benzene rings is 9. The maximum absolute atomic E-state index is 2.43. The molecule has 10 rings (SSSR count). The number of hydrogen-bond acceptors (Lipinski definition) is 0. The molecule has 1 saturated carbocycles. The summed E-state index contributed by atoms with van der Waals surface area (Å²) in [4.78, 5) is 0. The first kappa shape index (κ1) is 38.2. The Morgan fingerprint density at radius 2 is 0.443 bits per heavy atom. The average molecular weight is 783 g/mol. The summed E-state index contributed by atoms with van der Waals surface area (Å²) in [5.41, 5.74) is 21.3. The molecule has 2 atom stereocenters. The van der Waals surface area contributed by atoms with Gasteiger partial charge in [-0.3, -0.25) is 0 Å². The normalized spacial score (nSPS) is 16.1. The van der Waals surface area contributed by atoms with Gasteiger partial charge in [0.25, 0.3) is 0 Å². The van der Waals surface area contributed by atoms with Crippen molar-refractivity contribution in [3.05, 3.63) is 230 Å². The van der Waals surface area contributed by atoms with Crippen LogP contribution < -0.4 is 0 Å². The smallest absolute Gasteiger partial charge is 0.00990 e. The van der Waals surface area contributed by atoms with Gasteiger partial charge in [0.1, 0.15) is 0 Å². The van der Waals surface area contributed by atoms with Crippen molar-refractivity contribution in [2.45, 2.75) is 32.6 Å². The van der Waals surface area contributed by atoms with Crippen molar-refractivity contribution in [2.24, 2.45) is 11.8 Å². The van der Waals surface area contributed by atoms with E-state index in [1.54, 1.807) is 0 Å². The molecule has 0 spiro atoms. The van der Waals surface area contributed by atoms with Gasteiger partial charge in [0, 0.05) is 0 Å². The van der Waals surface area contributed by atoms with Crippen molar-refractivity contribution in [1.29, 1.82) is 0 Å². The third-order valence-corrected chi connectivity index (χ3v) is 13.3. The quantitative estimate of drug-likeness (QED) is 0.137. The van der Waals surface area contributed by atoms with Gasteiger partial charge in [-0.25, -0.2) is 0 Å². The van der Waals surface area contributed by atoms with Crippen LogP contribution >= 0.6 is 0 Å². The third kappa shape index (κ3) is 7.34. The molecule has 0 heterocycles. The van der Waals surface area contributed by atoms with Gasteiger partial charge in [0.2, 0.25) is 0 Å². The zero-order chi connectivity index (χ0) is 41.1. The molecular formula is C61H50. The van der Waals surface area contributed by atoms with Gasteiger partial charge in [-0.05, 0) is 125 Å². The van der Waals surface area contributed by atoms with Crippen molar-refractivity contribution in [3.8, 4) is 89.0 Å². The average Bonchev–Trinajstić information content (AvgIpc) is 3.68. The molecule has 0 amide bonds. The molecule has 1 aliphatic carbocycles. The highest BCUT2D eigenvalue weighted by Gasteiger charge is 2.31. The van der Waals surface area contributed by atoms with Crippen LogP contribution in [-0.4, -0.2) is 0 Å². The molecule has 0 N–H and O–H groups in total. The summed E-state index contributed by atoms with van der Waals surface area (Å²) in [5, 5.41) is 0. The van der Waals surface area contributed by atoms with E-state index >= 15 is 0 Å². The standard InChI is InChI=1S/C61H50/c1-42-40-45(41-43(42)2)47-25-7-9-27-49(47)51-29-11-13-31-53(51)55-33-15-17-35-57(55)59-37-19-21-39-61(59)60-38-20-18-36-58(60)56-34-16-14-32-54(56)52-30-12-10-28-50(52)48-26-8-6-24-46(48)44-22-4-3-5-23-44/h3-39,42-43,45H,40-41H2,1-2H3. The van der Waals surface area contributed by atoms with E-state index in [1.165, 1.54) is 107 Å². The molecule has 0 aromatic heterocycles. The van der Waals surface area contributed by atoms with Crippen LogP contribution in [0.5, 0.6) is 0 Å². The Hall–Kier alpha value is -7.02. The second-order valence-corrected chi connectivity index (χ2v) is 16.9. The Kier molecular flexibility index (Phi) is 10.6. The van der Waals surface area contributed by atoms with Crippen molar-refractivity contribution >= 4 is 0 Å². The minimum absolute atomic E-state index is 0.579. The lowest BCUT2D eigenvalue weighted by Crippen LogP contribution is -1.98. The lowest BCUT2D eigenvalue weighted by atomic mass is 9.82. The Balaban J connectivity index is 1.10. The molecule has 0 saturated heterocycles. The molecule has 9 aromatic rings. The first-order valence-corrected chi connectivity index (χ1v) is 21.9. The lowest BCUT2D eigenvalue weighted by Gasteiger charge is -2.21. The van der Waals surface area contributed by atoms with Crippen molar-refractivity contribution in [3.63, 3.8) is 0 Å². The molecule has 9 aromatic carbocycles. The van der Waals surface area contributed by atoms with E-state index in [2.05, 4.69) is 238 Å². The van der Waals surface area contributed by atoms with Gasteiger partial charge in [-0.15, -0.1) is 0 Å². The summed E-state index contributed by atoms with van der Waals surface area (Å²) in [6.45, 7) is 4.85. The second-order valence-electron chi connectivity index (χ2n) is 16.9. The fourth-order valence-electron chi connectivity index (χ4n) is 10.1. The molecule has 0 aliphatic heterocycles. The Bertz CT molecular complexity index is 2960. The summed E-state index contributed by atoms with van der Waals surface area (Å²) in [7, 11) is 0. The predicted molar refractivity (Wildman–Crippen MR) is 260 cm³/mol. The van der Waals surface area contributed by atoms with Crippen LogP contribution in [0.15, 0.2) is 224 Å². The lowest BCUT2D eigenvalue weighted by molar-refractivity contribution is 0.457. The second kappa shape index (κ2) is 16.9. The van der Waals surface area contributed by atoms with Gasteiger partial charge in [0.15, 0.2) is 0 Å². The molecular weight excluding hydrogens is 733 g/mol. The fourth-order valence-corrected chi connectivity index (χ4v) is 10.1. The molecule has 2 unspecified atom stereocenters. The van der Waals surface area contributed by atoms with Crippen LogP contribution in [0.2, 0.25) is 0 Å². The molecule has 1 fully saturated rings. The van der Waals surface area contributed by atoms with Crippen LogP contribution in [0.25, 0.3) is 89.0 Å². The van der Waals surface area contributed by atoms with Gasteiger partial charge < -0.3 is 0 Å². The minimum atomic E-state index is 0.579. The highest BCUT2D eigenvalue weighted by atomic mass is 14.4. The molecule has 0 heteroatoms. The van der Waals surface area contributed by atoms with Crippen molar-refractivity contribution < 1.29 is 0 Å². The Labute approximate surface area is 361 Å². The largest absolute Gasteiger partial charge is 0.0622 e. The Morgan fingerprint density at radius 3 is 0.754 bits per heavy atom. The van der Waals surface area contributed by atoms with Crippen LogP contribution in [-0.2, 0) is 0 Å². The van der Waals surface area contributed by atoms with Gasteiger partial charge >= 0.3 is 0 Å². The molecule has 1 aliphatic rings. The van der Waals surface area contributed by atoms with Crippen LogP contribution in [0.3, 0.4) is 0 Å². The summed E-state index contributed by atoms with van der Waals surface area (Å²) < 4.78 is 0. The van der Waals surface area contributed by atoms with Crippen LogP contribution in [0.4, 0.5) is 0 Å². The number of hydrogen-bond donors (Lipinski definition) is 0. The minimum Gasteiger partial charge on any atom is -0.0622 e. The molecule has 61 heavy (non-hydrogen) atoms. The van der Waals surface area contributed by atoms with Crippen LogP contribution in [0.1, 0.15) is 38.2 Å². The van der Waals surface area contributed by atoms with E-state index in [0.29, 0.717) is 5.92 Å². The summed E-state index contributed by atoms with van der Waals surface area (Å²) >= 11 is 0. The summed E-state index contributed by atoms with van der Waals surface area (Å²) in [6.07, 6.45) is 2.50. The van der Waals surface area contributed by atoms with Crippen LogP contribution in [0, 0.1) is 11.8 Å². The van der Waals surface area contributed by atoms with Crippen molar-refractivity contribution in [1.82, 2.24) is 0 Å². The molecule has 0 radical (unpaired) electrons. The van der Waals surface area contributed by atoms with E-state index in [9.17, 15) is 0 Å². The topological polar surface area (TPSA) is 0 Å².